The fourth-order valence-electron chi connectivity index (χ4n) is 6.68. The van der Waals surface area contributed by atoms with Crippen LogP contribution in [0, 0.1) is 0 Å². The summed E-state index contributed by atoms with van der Waals surface area (Å²) in [4.78, 5) is 43.7. The molecule has 0 aromatic carbocycles. The molecule has 0 aliphatic rings. The van der Waals surface area contributed by atoms with Crippen molar-refractivity contribution in [2.24, 2.45) is 11.5 Å². The summed E-state index contributed by atoms with van der Waals surface area (Å²) in [7, 11) is 0. The zero-order valence-electron chi connectivity index (χ0n) is 41.3. The van der Waals surface area contributed by atoms with Gasteiger partial charge in [0.05, 0.1) is 11.9 Å². The number of nitrogens with zero attached hydrogens (tertiary/aromatic N) is 6. The van der Waals surface area contributed by atoms with Crippen LogP contribution in [-0.2, 0) is 29.1 Å². The van der Waals surface area contributed by atoms with Gasteiger partial charge in [0.15, 0.2) is 0 Å². The van der Waals surface area contributed by atoms with E-state index in [4.69, 9.17) is 44.1 Å². The molecule has 12 nitrogen and oxygen atoms in total. The first kappa shape index (κ1) is 59.6. The van der Waals surface area contributed by atoms with E-state index in [1.165, 1.54) is 30.6 Å². The number of alkyl halides is 2. The Hall–Kier alpha value is -5.98. The third kappa shape index (κ3) is 19.4. The SMILES string of the molecule is CC(C)(C)OC(=O)NCc1ccc(-c2cnccc2-c2ccncc2)s1.CCOCC.Cl.ClCCl.NCc1ccc(-c2cnccc2-c2ccncc2)s1.NCc1ccc(-c2cnccc2-c2ccncc2)s1. The van der Waals surface area contributed by atoms with Gasteiger partial charge >= 0.3 is 6.09 Å². The molecule has 0 aliphatic carbocycles. The molecule has 9 aromatic rings. The van der Waals surface area contributed by atoms with Gasteiger partial charge in [-0.3, -0.25) is 29.9 Å². The third-order valence-electron chi connectivity index (χ3n) is 9.83. The smallest absolute Gasteiger partial charge is 0.407 e. The number of nitrogens with one attached hydrogen (secondary N) is 1. The monoisotopic (exact) mass is 1100 g/mol. The topological polar surface area (TPSA) is 177 Å². The predicted molar refractivity (Wildman–Crippen MR) is 307 cm³/mol. The van der Waals surface area contributed by atoms with Crippen LogP contribution in [0.2, 0.25) is 0 Å². The van der Waals surface area contributed by atoms with E-state index >= 15 is 0 Å². The van der Waals surface area contributed by atoms with Crippen LogP contribution in [0.5, 0.6) is 0 Å². The van der Waals surface area contributed by atoms with Crippen molar-refractivity contribution in [3.63, 3.8) is 0 Å². The van der Waals surface area contributed by atoms with Gasteiger partial charge in [0.1, 0.15) is 5.60 Å². The number of alkyl carbamates (subject to hydrolysis) is 1. The number of aromatic nitrogens is 6. The third-order valence-corrected chi connectivity index (χ3v) is 13.2. The highest BCUT2D eigenvalue weighted by molar-refractivity contribution is 7.16. The molecule has 5 N–H and O–H groups in total. The van der Waals surface area contributed by atoms with Crippen molar-refractivity contribution in [3.05, 3.63) is 180 Å². The molecule has 18 heteroatoms. The fourth-order valence-corrected chi connectivity index (χ4v) is 9.47. The number of hydrogen-bond donors (Lipinski definition) is 3. The van der Waals surface area contributed by atoms with Gasteiger partial charge in [-0.05, 0) is 159 Å². The molecule has 9 aromatic heterocycles. The number of carbonyl (C=O) groups excluding carboxylic acids is 1. The molecule has 0 bridgehead atoms. The van der Waals surface area contributed by atoms with Crippen molar-refractivity contribution in [1.82, 2.24) is 35.2 Å². The van der Waals surface area contributed by atoms with Gasteiger partial charge in [-0.2, -0.15) is 0 Å². The second kappa shape index (κ2) is 32.3. The van der Waals surface area contributed by atoms with Crippen molar-refractivity contribution in [2.75, 3.05) is 18.6 Å². The zero-order valence-corrected chi connectivity index (χ0v) is 46.1. The Morgan fingerprint density at radius 2 is 0.822 bits per heavy atom. The molecule has 0 atom stereocenters. The first-order valence-electron chi connectivity index (χ1n) is 22.9. The Kier molecular flexibility index (Phi) is 26.3. The van der Waals surface area contributed by atoms with E-state index in [2.05, 4.69) is 65.6 Å². The number of thiophene rings is 3. The minimum absolute atomic E-state index is 0. The lowest BCUT2D eigenvalue weighted by Gasteiger charge is -2.19. The normalized spacial score (nSPS) is 10.3. The lowest BCUT2D eigenvalue weighted by atomic mass is 10.0. The average molecular weight is 1100 g/mol. The minimum atomic E-state index is -0.500. The van der Waals surface area contributed by atoms with Gasteiger partial charge in [-0.1, -0.05) is 0 Å². The Morgan fingerprint density at radius 1 is 0.507 bits per heavy atom. The highest BCUT2D eigenvalue weighted by Gasteiger charge is 2.17. The van der Waals surface area contributed by atoms with Crippen molar-refractivity contribution >= 4 is 75.7 Å². The summed E-state index contributed by atoms with van der Waals surface area (Å²) in [6.45, 7) is 12.8. The van der Waals surface area contributed by atoms with Crippen molar-refractivity contribution in [2.45, 2.75) is 59.9 Å². The summed E-state index contributed by atoms with van der Waals surface area (Å²) in [5.41, 5.74) is 21.0. The molecule has 0 saturated carbocycles. The van der Waals surface area contributed by atoms with Crippen LogP contribution >= 0.6 is 69.6 Å². The van der Waals surface area contributed by atoms with Crippen LogP contribution in [0.1, 0.15) is 49.3 Å². The van der Waals surface area contributed by atoms with Gasteiger partial charge in [0.2, 0.25) is 0 Å². The molecule has 9 rings (SSSR count). The summed E-state index contributed by atoms with van der Waals surface area (Å²) in [5.74, 6) is 0. The van der Waals surface area contributed by atoms with E-state index in [9.17, 15) is 4.79 Å². The lowest BCUT2D eigenvalue weighted by molar-refractivity contribution is 0.0524. The second-order valence-electron chi connectivity index (χ2n) is 15.9. The molecule has 9 heterocycles. The van der Waals surface area contributed by atoms with E-state index in [0.717, 1.165) is 61.9 Å². The lowest BCUT2D eigenvalue weighted by Crippen LogP contribution is -2.31. The Bertz CT molecular complexity index is 2830. The minimum Gasteiger partial charge on any atom is -0.444 e. The Balaban J connectivity index is 0.000000222. The van der Waals surface area contributed by atoms with E-state index in [-0.39, 0.29) is 17.7 Å². The molecule has 0 unspecified atom stereocenters. The highest BCUT2D eigenvalue weighted by Crippen LogP contribution is 2.38. The summed E-state index contributed by atoms with van der Waals surface area (Å²) < 4.78 is 10.1. The quantitative estimate of drug-likeness (QED) is 0.0992. The van der Waals surface area contributed by atoms with E-state index in [1.807, 2.05) is 126 Å². The van der Waals surface area contributed by atoms with Crippen molar-refractivity contribution in [3.8, 4) is 64.7 Å². The van der Waals surface area contributed by atoms with Gasteiger partial charge in [0, 0.05) is 147 Å². The number of ether oxygens (including phenoxy) is 2. The first-order chi connectivity index (χ1) is 35.0. The van der Waals surface area contributed by atoms with Crippen LogP contribution < -0.4 is 16.8 Å². The van der Waals surface area contributed by atoms with Gasteiger partial charge < -0.3 is 26.3 Å². The Morgan fingerprint density at radius 3 is 1.11 bits per heavy atom. The molecule has 1 amide bonds. The van der Waals surface area contributed by atoms with Crippen LogP contribution in [0.4, 0.5) is 4.79 Å². The number of halogens is 3. The summed E-state index contributed by atoms with van der Waals surface area (Å²) in [6.07, 6.45) is 21.5. The maximum absolute atomic E-state index is 11.8. The number of hydrogen-bond acceptors (Lipinski definition) is 14. The van der Waals surface area contributed by atoms with Gasteiger partial charge in [-0.25, -0.2) is 4.79 Å². The maximum Gasteiger partial charge on any atom is 0.407 e. The molecule has 73 heavy (non-hydrogen) atoms. The van der Waals surface area contributed by atoms with Crippen molar-refractivity contribution in [1.29, 1.82) is 0 Å². The van der Waals surface area contributed by atoms with Gasteiger partial charge in [0.25, 0.3) is 0 Å². The summed E-state index contributed by atoms with van der Waals surface area (Å²) in [6, 6.07) is 30.5. The number of nitrogens with two attached hydrogens (primary N) is 2. The predicted octanol–water partition coefficient (Wildman–Crippen LogP) is 14.4. The van der Waals surface area contributed by atoms with Crippen LogP contribution in [0.3, 0.4) is 0 Å². The molecule has 0 radical (unpaired) electrons. The van der Waals surface area contributed by atoms with Crippen LogP contribution in [0.15, 0.2) is 165 Å². The van der Waals surface area contributed by atoms with Crippen LogP contribution in [-0.4, -0.2) is 60.2 Å². The van der Waals surface area contributed by atoms with Crippen LogP contribution in [0.25, 0.3) is 64.7 Å². The maximum atomic E-state index is 11.8. The van der Waals surface area contributed by atoms with E-state index in [1.54, 1.807) is 77.4 Å². The molecule has 0 spiro atoms. The molecule has 0 fully saturated rings. The number of pyridine rings is 6. The molecular formula is C55H60Cl3N9O3S3. The Labute approximate surface area is 456 Å². The molecular weight excluding hydrogens is 1040 g/mol. The molecule has 0 aliphatic heterocycles. The summed E-state index contributed by atoms with van der Waals surface area (Å²) >= 11 is 14.6. The molecule has 382 valence electrons. The van der Waals surface area contributed by atoms with Gasteiger partial charge in [-0.15, -0.1) is 69.6 Å². The largest absolute Gasteiger partial charge is 0.444 e. The van der Waals surface area contributed by atoms with E-state index < -0.39 is 11.7 Å². The average Bonchev–Trinajstić information content (AvgIpc) is 4.22. The highest BCUT2D eigenvalue weighted by atomic mass is 35.5. The number of amides is 1. The zero-order chi connectivity index (χ0) is 51.6. The molecule has 0 saturated heterocycles. The standard InChI is InChI=1S/C20H21N3O2S.2C15H13N3S.C4H10O.CH2Cl2.ClH/c1-20(2,3)25-19(24)23-12-15-4-5-18(26-15)17-13-22-11-8-16(17)14-6-9-21-10-7-14;2*16-9-12-1-2-15(19-12)14-10-18-8-5-13(14)11-3-6-17-7-4-11;1-3-5-4-2;2-1-3;/h4-11,13H,12H2,1-3H3,(H,23,24);2*1-8,10H,9,16H2;3-4H2,1-2H3;1H2;1H. The number of carbonyl (C=O) groups is 1. The van der Waals surface area contributed by atoms with E-state index in [0.29, 0.717) is 19.6 Å². The fraction of sp³-hybridized carbons (Fsp3) is 0.218. The second-order valence-corrected chi connectivity index (χ2v) is 20.2. The van der Waals surface area contributed by atoms with Crippen molar-refractivity contribution < 1.29 is 14.3 Å². The summed E-state index contributed by atoms with van der Waals surface area (Å²) in [5, 5.41) is 2.99. The number of rotatable bonds is 12. The first-order valence-corrected chi connectivity index (χ1v) is 26.4.